The van der Waals surface area contributed by atoms with Crippen molar-refractivity contribution in [1.29, 1.82) is 0 Å². The molecule has 5 nitrogen and oxygen atoms in total. The number of aromatic nitrogens is 3. The van der Waals surface area contributed by atoms with E-state index in [1.165, 1.54) is 18.4 Å². The molecule has 140 valence electrons. The van der Waals surface area contributed by atoms with Crippen molar-refractivity contribution in [2.24, 2.45) is 5.92 Å². The van der Waals surface area contributed by atoms with Crippen molar-refractivity contribution in [2.75, 3.05) is 6.54 Å². The molecule has 1 saturated heterocycles. The fourth-order valence-corrected chi connectivity index (χ4v) is 4.17. The SMILES string of the molecule is CCCC1CC(=O)N(Cc2c(C(C)(C)C)nn3cc(C4CC4)cnc23)C1. The van der Waals surface area contributed by atoms with Crippen molar-refractivity contribution in [1.82, 2.24) is 19.5 Å². The molecule has 1 aliphatic heterocycles. The first kappa shape index (κ1) is 17.5. The Kier molecular flexibility index (Phi) is 4.28. The lowest BCUT2D eigenvalue weighted by molar-refractivity contribution is -0.128. The summed E-state index contributed by atoms with van der Waals surface area (Å²) in [5.41, 5.74) is 4.29. The van der Waals surface area contributed by atoms with E-state index in [0.717, 1.165) is 36.3 Å². The minimum atomic E-state index is -0.0750. The molecule has 26 heavy (non-hydrogen) atoms. The van der Waals surface area contributed by atoms with Crippen LogP contribution in [0.3, 0.4) is 0 Å². The van der Waals surface area contributed by atoms with Crippen LogP contribution in [0.5, 0.6) is 0 Å². The summed E-state index contributed by atoms with van der Waals surface area (Å²) < 4.78 is 1.95. The van der Waals surface area contributed by atoms with Crippen LogP contribution in [0.15, 0.2) is 12.4 Å². The summed E-state index contributed by atoms with van der Waals surface area (Å²) in [4.78, 5) is 19.3. The average molecular weight is 354 g/mol. The number of carbonyl (C=O) groups excluding carboxylic acids is 1. The topological polar surface area (TPSA) is 50.5 Å². The Bertz CT molecular complexity index is 828. The minimum Gasteiger partial charge on any atom is -0.338 e. The highest BCUT2D eigenvalue weighted by atomic mass is 16.2. The molecule has 1 saturated carbocycles. The average Bonchev–Trinajstić information content (AvgIpc) is 3.28. The maximum Gasteiger partial charge on any atom is 0.223 e. The molecule has 0 radical (unpaired) electrons. The zero-order valence-electron chi connectivity index (χ0n) is 16.5. The highest BCUT2D eigenvalue weighted by Crippen LogP contribution is 2.40. The van der Waals surface area contributed by atoms with Gasteiger partial charge in [-0.05, 0) is 36.7 Å². The first-order valence-corrected chi connectivity index (χ1v) is 10.0. The second kappa shape index (κ2) is 6.36. The van der Waals surface area contributed by atoms with Crippen LogP contribution in [0.2, 0.25) is 0 Å². The smallest absolute Gasteiger partial charge is 0.223 e. The number of fused-ring (bicyclic) bond motifs is 1. The van der Waals surface area contributed by atoms with E-state index in [1.54, 1.807) is 0 Å². The molecular formula is C21H30N4O. The van der Waals surface area contributed by atoms with Crippen LogP contribution in [0.1, 0.15) is 82.5 Å². The van der Waals surface area contributed by atoms with Crippen LogP contribution in [0.25, 0.3) is 5.65 Å². The van der Waals surface area contributed by atoms with E-state index in [2.05, 4.69) is 33.9 Å². The van der Waals surface area contributed by atoms with Gasteiger partial charge in [0.05, 0.1) is 12.2 Å². The van der Waals surface area contributed by atoms with Crippen LogP contribution >= 0.6 is 0 Å². The van der Waals surface area contributed by atoms with Crippen molar-refractivity contribution in [3.8, 4) is 0 Å². The molecule has 2 aromatic heterocycles. The van der Waals surface area contributed by atoms with E-state index < -0.39 is 0 Å². The van der Waals surface area contributed by atoms with Gasteiger partial charge in [0, 0.05) is 36.3 Å². The van der Waals surface area contributed by atoms with Gasteiger partial charge in [0.2, 0.25) is 5.91 Å². The van der Waals surface area contributed by atoms with E-state index in [9.17, 15) is 4.79 Å². The van der Waals surface area contributed by atoms with Gasteiger partial charge in [-0.3, -0.25) is 4.79 Å². The van der Waals surface area contributed by atoms with Crippen LogP contribution in [0, 0.1) is 5.92 Å². The number of hydrogen-bond acceptors (Lipinski definition) is 3. The zero-order valence-corrected chi connectivity index (χ0v) is 16.5. The summed E-state index contributed by atoms with van der Waals surface area (Å²) >= 11 is 0. The molecule has 2 aliphatic rings. The molecular weight excluding hydrogens is 324 g/mol. The number of hydrogen-bond donors (Lipinski definition) is 0. The Hall–Kier alpha value is -1.91. The Morgan fingerprint density at radius 2 is 2.04 bits per heavy atom. The van der Waals surface area contributed by atoms with Gasteiger partial charge in [0.15, 0.2) is 5.65 Å². The lowest BCUT2D eigenvalue weighted by atomic mass is 9.89. The predicted octanol–water partition coefficient (Wildman–Crippen LogP) is 4.05. The van der Waals surface area contributed by atoms with Crippen molar-refractivity contribution >= 4 is 11.6 Å². The number of amides is 1. The van der Waals surface area contributed by atoms with E-state index in [0.29, 0.717) is 24.8 Å². The lowest BCUT2D eigenvalue weighted by Gasteiger charge is -2.21. The monoisotopic (exact) mass is 354 g/mol. The van der Waals surface area contributed by atoms with Crippen molar-refractivity contribution in [2.45, 2.75) is 77.7 Å². The van der Waals surface area contributed by atoms with Crippen LogP contribution in [0.4, 0.5) is 0 Å². The maximum atomic E-state index is 12.5. The summed E-state index contributed by atoms with van der Waals surface area (Å²) in [6, 6.07) is 0. The van der Waals surface area contributed by atoms with Crippen molar-refractivity contribution < 1.29 is 4.79 Å². The van der Waals surface area contributed by atoms with Crippen LogP contribution in [-0.2, 0) is 16.8 Å². The van der Waals surface area contributed by atoms with Crippen molar-refractivity contribution in [3.63, 3.8) is 0 Å². The molecule has 4 rings (SSSR count). The summed E-state index contributed by atoms with van der Waals surface area (Å²) in [6.07, 6.45) is 9.63. The Balaban J connectivity index is 1.69. The fraction of sp³-hybridized carbons (Fsp3) is 0.667. The van der Waals surface area contributed by atoms with Gasteiger partial charge in [-0.25, -0.2) is 9.50 Å². The summed E-state index contributed by atoms with van der Waals surface area (Å²) in [7, 11) is 0. The van der Waals surface area contributed by atoms with Crippen LogP contribution in [-0.4, -0.2) is 31.9 Å². The summed E-state index contributed by atoms with van der Waals surface area (Å²) in [5.74, 6) is 1.44. The van der Waals surface area contributed by atoms with Crippen molar-refractivity contribution in [3.05, 3.63) is 29.2 Å². The van der Waals surface area contributed by atoms with Gasteiger partial charge < -0.3 is 4.90 Å². The number of nitrogens with zero attached hydrogens (tertiary/aromatic N) is 4. The second-order valence-corrected chi connectivity index (χ2v) is 9.14. The molecule has 1 unspecified atom stereocenters. The van der Waals surface area contributed by atoms with Gasteiger partial charge in [-0.1, -0.05) is 34.1 Å². The standard InChI is InChI=1S/C21H30N4O/c1-5-6-14-9-18(26)24(11-14)13-17-19(21(2,3)4)23-25-12-16(15-7-8-15)10-22-20(17)25/h10,12,14-15H,5-9,11,13H2,1-4H3. The normalized spacial score (nSPS) is 21.2. The quantitative estimate of drug-likeness (QED) is 0.814. The Labute approximate surface area is 155 Å². The third kappa shape index (κ3) is 3.24. The van der Waals surface area contributed by atoms with E-state index in [4.69, 9.17) is 10.1 Å². The van der Waals surface area contributed by atoms with Gasteiger partial charge >= 0.3 is 0 Å². The molecule has 0 bridgehead atoms. The highest BCUT2D eigenvalue weighted by molar-refractivity contribution is 5.79. The molecule has 0 aromatic carbocycles. The number of carbonyl (C=O) groups is 1. The van der Waals surface area contributed by atoms with Gasteiger partial charge in [0.25, 0.3) is 0 Å². The van der Waals surface area contributed by atoms with Crippen LogP contribution < -0.4 is 0 Å². The zero-order chi connectivity index (χ0) is 18.5. The Morgan fingerprint density at radius 3 is 2.69 bits per heavy atom. The molecule has 0 N–H and O–H groups in total. The van der Waals surface area contributed by atoms with Gasteiger partial charge in [0.1, 0.15) is 0 Å². The molecule has 1 aliphatic carbocycles. The first-order valence-electron chi connectivity index (χ1n) is 10.0. The number of rotatable bonds is 5. The Morgan fingerprint density at radius 1 is 1.27 bits per heavy atom. The fourth-order valence-electron chi connectivity index (χ4n) is 4.17. The highest BCUT2D eigenvalue weighted by Gasteiger charge is 2.33. The lowest BCUT2D eigenvalue weighted by Crippen LogP contribution is -2.26. The van der Waals surface area contributed by atoms with E-state index >= 15 is 0 Å². The summed E-state index contributed by atoms with van der Waals surface area (Å²) in [5, 5.41) is 4.89. The molecule has 2 aromatic rings. The first-order chi connectivity index (χ1) is 12.4. The third-order valence-corrected chi connectivity index (χ3v) is 5.69. The maximum absolute atomic E-state index is 12.5. The summed E-state index contributed by atoms with van der Waals surface area (Å²) in [6.45, 7) is 10.2. The van der Waals surface area contributed by atoms with Gasteiger partial charge in [-0.2, -0.15) is 5.10 Å². The van der Waals surface area contributed by atoms with Gasteiger partial charge in [-0.15, -0.1) is 0 Å². The second-order valence-electron chi connectivity index (χ2n) is 9.14. The van der Waals surface area contributed by atoms with E-state index in [1.807, 2.05) is 15.6 Å². The molecule has 2 fully saturated rings. The third-order valence-electron chi connectivity index (χ3n) is 5.69. The minimum absolute atomic E-state index is 0.0750. The molecule has 3 heterocycles. The molecule has 1 amide bonds. The molecule has 1 atom stereocenters. The number of likely N-dealkylation sites (tertiary alicyclic amines) is 1. The largest absolute Gasteiger partial charge is 0.338 e. The molecule has 5 heteroatoms. The predicted molar refractivity (Wildman–Crippen MR) is 102 cm³/mol. The molecule has 0 spiro atoms. The van der Waals surface area contributed by atoms with E-state index in [-0.39, 0.29) is 11.3 Å².